The lowest BCUT2D eigenvalue weighted by Gasteiger charge is -2.12. The molecule has 0 aliphatic carbocycles. The van der Waals surface area contributed by atoms with Gasteiger partial charge in [-0.1, -0.05) is 29.8 Å². The monoisotopic (exact) mass is 328 g/mol. The molecule has 24 heavy (non-hydrogen) atoms. The Bertz CT molecular complexity index is 744. The molecule has 2 N–H and O–H groups in total. The van der Waals surface area contributed by atoms with Crippen LogP contribution in [0.4, 0.5) is 0 Å². The third-order valence-electron chi connectivity index (χ3n) is 3.36. The second-order valence-electron chi connectivity index (χ2n) is 5.26. The smallest absolute Gasteiger partial charge is 0.276 e. The Balaban J connectivity index is 1.85. The van der Waals surface area contributed by atoms with Crippen LogP contribution in [-0.2, 0) is 4.79 Å². The zero-order valence-corrected chi connectivity index (χ0v) is 13.9. The molecule has 0 aliphatic heterocycles. The minimum Gasteiger partial charge on any atom is -0.496 e. The van der Waals surface area contributed by atoms with Crippen molar-refractivity contribution in [1.29, 1.82) is 0 Å². The summed E-state index contributed by atoms with van der Waals surface area (Å²) < 4.78 is 10.6. The summed E-state index contributed by atoms with van der Waals surface area (Å²) in [5, 5.41) is 0. The van der Waals surface area contributed by atoms with Crippen molar-refractivity contribution in [2.75, 3.05) is 13.7 Å². The summed E-state index contributed by atoms with van der Waals surface area (Å²) in [6.07, 6.45) is 0. The molecule has 0 saturated heterocycles. The number of para-hydroxylation sites is 1. The third-order valence-corrected chi connectivity index (χ3v) is 3.36. The number of aryl methyl sites for hydroxylation is 2. The SMILES string of the molecule is COc1ccccc1C(=O)NNC(=O)COc1ccc(C)cc1C. The van der Waals surface area contributed by atoms with E-state index in [0.29, 0.717) is 17.1 Å². The maximum atomic E-state index is 12.0. The molecule has 0 fully saturated rings. The largest absolute Gasteiger partial charge is 0.496 e. The van der Waals surface area contributed by atoms with Gasteiger partial charge in [0.05, 0.1) is 12.7 Å². The average molecular weight is 328 g/mol. The first-order valence-electron chi connectivity index (χ1n) is 7.43. The van der Waals surface area contributed by atoms with Crippen LogP contribution >= 0.6 is 0 Å². The molecule has 0 unspecified atom stereocenters. The van der Waals surface area contributed by atoms with Gasteiger partial charge in [-0.3, -0.25) is 20.4 Å². The molecular weight excluding hydrogens is 308 g/mol. The van der Waals surface area contributed by atoms with Gasteiger partial charge in [-0.05, 0) is 37.6 Å². The van der Waals surface area contributed by atoms with Gasteiger partial charge in [-0.2, -0.15) is 0 Å². The molecule has 2 aromatic carbocycles. The summed E-state index contributed by atoms with van der Waals surface area (Å²) in [6.45, 7) is 3.69. The van der Waals surface area contributed by atoms with Gasteiger partial charge in [0.25, 0.3) is 11.8 Å². The normalized spacial score (nSPS) is 9.96. The first kappa shape index (κ1) is 17.3. The van der Waals surface area contributed by atoms with Gasteiger partial charge in [0.1, 0.15) is 11.5 Å². The number of methoxy groups -OCH3 is 1. The molecule has 6 heteroatoms. The average Bonchev–Trinajstić information content (AvgIpc) is 2.58. The highest BCUT2D eigenvalue weighted by Crippen LogP contribution is 2.18. The van der Waals surface area contributed by atoms with Crippen molar-refractivity contribution < 1.29 is 19.1 Å². The van der Waals surface area contributed by atoms with Crippen molar-refractivity contribution in [2.24, 2.45) is 0 Å². The summed E-state index contributed by atoms with van der Waals surface area (Å²) in [5.41, 5.74) is 7.04. The van der Waals surface area contributed by atoms with Gasteiger partial charge in [-0.25, -0.2) is 0 Å². The van der Waals surface area contributed by atoms with Crippen molar-refractivity contribution >= 4 is 11.8 Å². The molecule has 2 aromatic rings. The Labute approximate surface area is 140 Å². The van der Waals surface area contributed by atoms with Crippen LogP contribution in [0, 0.1) is 13.8 Å². The highest BCUT2D eigenvalue weighted by Gasteiger charge is 2.12. The van der Waals surface area contributed by atoms with E-state index in [4.69, 9.17) is 9.47 Å². The van der Waals surface area contributed by atoms with E-state index in [1.165, 1.54) is 7.11 Å². The van der Waals surface area contributed by atoms with Crippen molar-refractivity contribution in [1.82, 2.24) is 10.9 Å². The molecule has 0 atom stereocenters. The van der Waals surface area contributed by atoms with Gasteiger partial charge >= 0.3 is 0 Å². The minimum absolute atomic E-state index is 0.198. The second kappa shape index (κ2) is 8.01. The first-order valence-corrected chi connectivity index (χ1v) is 7.43. The molecule has 0 spiro atoms. The molecule has 0 bridgehead atoms. The lowest BCUT2D eigenvalue weighted by molar-refractivity contribution is -0.123. The molecular formula is C18H20N2O4. The van der Waals surface area contributed by atoms with Gasteiger partial charge < -0.3 is 9.47 Å². The van der Waals surface area contributed by atoms with Crippen LogP contribution in [0.25, 0.3) is 0 Å². The number of benzene rings is 2. The zero-order chi connectivity index (χ0) is 17.5. The van der Waals surface area contributed by atoms with E-state index in [9.17, 15) is 9.59 Å². The number of carbonyl (C=O) groups is 2. The van der Waals surface area contributed by atoms with E-state index in [2.05, 4.69) is 10.9 Å². The predicted octanol–water partition coefficient (Wildman–Crippen LogP) is 2.15. The van der Waals surface area contributed by atoms with E-state index in [1.807, 2.05) is 32.0 Å². The molecule has 0 saturated carbocycles. The maximum absolute atomic E-state index is 12.0. The Morgan fingerprint density at radius 1 is 1.00 bits per heavy atom. The van der Waals surface area contributed by atoms with Gasteiger partial charge in [0.15, 0.2) is 6.61 Å². The van der Waals surface area contributed by atoms with Gasteiger partial charge in [0.2, 0.25) is 0 Å². The molecule has 0 heterocycles. The lowest BCUT2D eigenvalue weighted by Crippen LogP contribution is -2.43. The van der Waals surface area contributed by atoms with Crippen molar-refractivity contribution in [3.63, 3.8) is 0 Å². The van der Waals surface area contributed by atoms with Gasteiger partial charge in [-0.15, -0.1) is 0 Å². The first-order chi connectivity index (χ1) is 11.5. The Kier molecular flexibility index (Phi) is 5.78. The Hall–Kier alpha value is -3.02. The Morgan fingerprint density at radius 3 is 2.46 bits per heavy atom. The van der Waals surface area contributed by atoms with Gasteiger partial charge in [0, 0.05) is 0 Å². The number of hydrazine groups is 1. The number of hydrogen-bond donors (Lipinski definition) is 2. The second-order valence-corrected chi connectivity index (χ2v) is 5.26. The number of hydrogen-bond acceptors (Lipinski definition) is 4. The number of amides is 2. The van der Waals surface area contributed by atoms with E-state index < -0.39 is 11.8 Å². The summed E-state index contributed by atoms with van der Waals surface area (Å²) in [7, 11) is 1.47. The lowest BCUT2D eigenvalue weighted by atomic mass is 10.1. The molecule has 0 radical (unpaired) electrons. The number of rotatable bonds is 5. The van der Waals surface area contributed by atoms with E-state index in [-0.39, 0.29) is 6.61 Å². The number of ether oxygens (including phenoxy) is 2. The summed E-state index contributed by atoms with van der Waals surface area (Å²) in [6, 6.07) is 12.4. The molecule has 2 amide bonds. The van der Waals surface area contributed by atoms with Crippen molar-refractivity contribution in [2.45, 2.75) is 13.8 Å². The quantitative estimate of drug-likeness (QED) is 0.825. The fourth-order valence-corrected chi connectivity index (χ4v) is 2.17. The third kappa shape index (κ3) is 4.49. The van der Waals surface area contributed by atoms with Crippen LogP contribution in [0.5, 0.6) is 11.5 Å². The van der Waals surface area contributed by atoms with Crippen LogP contribution in [0.1, 0.15) is 21.5 Å². The molecule has 126 valence electrons. The molecule has 0 aromatic heterocycles. The van der Waals surface area contributed by atoms with Crippen LogP contribution in [0.15, 0.2) is 42.5 Å². The number of carbonyl (C=O) groups excluding carboxylic acids is 2. The van der Waals surface area contributed by atoms with Crippen molar-refractivity contribution in [3.8, 4) is 11.5 Å². The summed E-state index contributed by atoms with van der Waals surface area (Å²) >= 11 is 0. The molecule has 6 nitrogen and oxygen atoms in total. The van der Waals surface area contributed by atoms with Crippen molar-refractivity contribution in [3.05, 3.63) is 59.2 Å². The Morgan fingerprint density at radius 2 is 1.75 bits per heavy atom. The summed E-state index contributed by atoms with van der Waals surface area (Å²) in [5.74, 6) is 0.133. The predicted molar refractivity (Wildman–Crippen MR) is 90.0 cm³/mol. The van der Waals surface area contributed by atoms with E-state index in [1.54, 1.807) is 24.3 Å². The fourth-order valence-electron chi connectivity index (χ4n) is 2.17. The summed E-state index contributed by atoms with van der Waals surface area (Å²) in [4.78, 5) is 23.9. The topological polar surface area (TPSA) is 76.7 Å². The molecule has 2 rings (SSSR count). The number of nitrogens with one attached hydrogen (secondary N) is 2. The van der Waals surface area contributed by atoms with Crippen LogP contribution in [-0.4, -0.2) is 25.5 Å². The van der Waals surface area contributed by atoms with Crippen LogP contribution in [0.3, 0.4) is 0 Å². The fraction of sp³-hybridized carbons (Fsp3) is 0.222. The van der Waals surface area contributed by atoms with Crippen LogP contribution < -0.4 is 20.3 Å². The molecule has 0 aliphatic rings. The van der Waals surface area contributed by atoms with Crippen LogP contribution in [0.2, 0.25) is 0 Å². The highest BCUT2D eigenvalue weighted by atomic mass is 16.5. The van der Waals surface area contributed by atoms with E-state index in [0.717, 1.165) is 11.1 Å². The standard InChI is InChI=1S/C18H20N2O4/c1-12-8-9-15(13(2)10-12)24-11-17(21)19-20-18(22)14-6-4-5-7-16(14)23-3/h4-10H,11H2,1-3H3,(H,19,21)(H,20,22). The highest BCUT2D eigenvalue weighted by molar-refractivity contribution is 5.97. The maximum Gasteiger partial charge on any atom is 0.276 e. The van der Waals surface area contributed by atoms with E-state index >= 15 is 0 Å². The minimum atomic E-state index is -0.465. The zero-order valence-electron chi connectivity index (χ0n) is 13.9.